The zero-order chi connectivity index (χ0) is 16.0. The van der Waals surface area contributed by atoms with Gasteiger partial charge in [-0.15, -0.1) is 0 Å². The summed E-state index contributed by atoms with van der Waals surface area (Å²) in [5, 5.41) is 0. The Morgan fingerprint density at radius 3 is 2.91 bits per heavy atom. The van der Waals surface area contributed by atoms with Crippen molar-refractivity contribution in [1.29, 1.82) is 0 Å². The molecule has 0 atom stereocenters. The van der Waals surface area contributed by atoms with Crippen LogP contribution in [0.15, 0.2) is 30.6 Å². The Morgan fingerprint density at radius 1 is 1.30 bits per heavy atom. The lowest BCUT2D eigenvalue weighted by Gasteiger charge is -2.28. The Labute approximate surface area is 133 Å². The third-order valence-corrected chi connectivity index (χ3v) is 4.61. The minimum atomic E-state index is -0.358. The topological polar surface area (TPSA) is 59.5 Å². The van der Waals surface area contributed by atoms with Gasteiger partial charge in [0.2, 0.25) is 5.91 Å². The average molecular weight is 308 g/mol. The van der Waals surface area contributed by atoms with Crippen LogP contribution in [0.2, 0.25) is 0 Å². The summed E-state index contributed by atoms with van der Waals surface area (Å²) < 4.78 is 5.02. The van der Waals surface area contributed by atoms with Crippen LogP contribution in [-0.4, -0.2) is 30.5 Å². The molecule has 4 rings (SSSR count). The van der Waals surface area contributed by atoms with Crippen LogP contribution in [-0.2, 0) is 22.4 Å². The van der Waals surface area contributed by atoms with Gasteiger partial charge < -0.3 is 9.64 Å². The molecule has 1 aromatic heterocycles. The first-order valence-corrected chi connectivity index (χ1v) is 7.68. The first kappa shape index (κ1) is 13.9. The van der Waals surface area contributed by atoms with E-state index in [2.05, 4.69) is 4.98 Å². The molecular weight excluding hydrogens is 292 g/mol. The van der Waals surface area contributed by atoms with E-state index >= 15 is 0 Å². The fourth-order valence-corrected chi connectivity index (χ4v) is 3.61. The summed E-state index contributed by atoms with van der Waals surface area (Å²) in [5.74, 6) is -0.218. The van der Waals surface area contributed by atoms with Crippen molar-refractivity contribution in [2.24, 2.45) is 0 Å². The van der Waals surface area contributed by atoms with Crippen LogP contribution < -0.4 is 4.90 Å². The van der Waals surface area contributed by atoms with Crippen molar-refractivity contribution in [3.8, 4) is 11.1 Å². The van der Waals surface area contributed by atoms with Crippen LogP contribution in [0.3, 0.4) is 0 Å². The number of amides is 1. The molecule has 5 heteroatoms. The van der Waals surface area contributed by atoms with E-state index < -0.39 is 0 Å². The molecular formula is C18H16N2O3. The highest BCUT2D eigenvalue weighted by molar-refractivity contribution is 6.06. The lowest BCUT2D eigenvalue weighted by Crippen LogP contribution is -2.33. The predicted molar refractivity (Wildman–Crippen MR) is 85.4 cm³/mol. The molecule has 0 N–H and O–H groups in total. The first-order valence-electron chi connectivity index (χ1n) is 7.68. The van der Waals surface area contributed by atoms with Crippen molar-refractivity contribution in [3.63, 3.8) is 0 Å². The van der Waals surface area contributed by atoms with Crippen molar-refractivity contribution in [2.75, 3.05) is 18.6 Å². The SMILES string of the molecule is COC(=O)c1c(-c2cccnc2)cc2c3c1CCC(=O)N3CC2. The molecule has 5 nitrogen and oxygen atoms in total. The number of methoxy groups -OCH3 is 1. The fraction of sp³-hybridized carbons (Fsp3) is 0.278. The quantitative estimate of drug-likeness (QED) is 0.799. The van der Waals surface area contributed by atoms with Crippen LogP contribution in [0.5, 0.6) is 0 Å². The minimum Gasteiger partial charge on any atom is -0.465 e. The fourth-order valence-electron chi connectivity index (χ4n) is 3.61. The van der Waals surface area contributed by atoms with Gasteiger partial charge in [0.1, 0.15) is 0 Å². The van der Waals surface area contributed by atoms with Gasteiger partial charge in [0.15, 0.2) is 0 Å². The zero-order valence-corrected chi connectivity index (χ0v) is 12.8. The Balaban J connectivity index is 2.02. The number of anilines is 1. The lowest BCUT2D eigenvalue weighted by atomic mass is 9.88. The van der Waals surface area contributed by atoms with E-state index in [-0.39, 0.29) is 11.9 Å². The Morgan fingerprint density at radius 2 is 2.17 bits per heavy atom. The van der Waals surface area contributed by atoms with Crippen molar-refractivity contribution >= 4 is 17.6 Å². The van der Waals surface area contributed by atoms with E-state index in [1.165, 1.54) is 7.11 Å². The maximum Gasteiger partial charge on any atom is 0.338 e. The van der Waals surface area contributed by atoms with E-state index in [9.17, 15) is 9.59 Å². The summed E-state index contributed by atoms with van der Waals surface area (Å²) in [4.78, 5) is 30.6. The predicted octanol–water partition coefficient (Wildman–Crippen LogP) is 2.37. The molecule has 0 saturated carbocycles. The normalized spacial score (nSPS) is 15.5. The second-order valence-electron chi connectivity index (χ2n) is 5.81. The van der Waals surface area contributed by atoms with Crippen LogP contribution in [0, 0.1) is 0 Å². The molecule has 2 aromatic rings. The number of nitrogens with zero attached hydrogens (tertiary/aromatic N) is 2. The molecule has 3 heterocycles. The summed E-state index contributed by atoms with van der Waals surface area (Å²) in [7, 11) is 1.39. The van der Waals surface area contributed by atoms with Crippen molar-refractivity contribution in [1.82, 2.24) is 4.98 Å². The number of pyridine rings is 1. The number of ether oxygens (including phenoxy) is 1. The minimum absolute atomic E-state index is 0.140. The zero-order valence-electron chi connectivity index (χ0n) is 12.8. The highest BCUT2D eigenvalue weighted by atomic mass is 16.5. The summed E-state index contributed by atoms with van der Waals surface area (Å²) in [6, 6.07) is 5.81. The van der Waals surface area contributed by atoms with E-state index in [1.54, 1.807) is 12.4 Å². The summed E-state index contributed by atoms with van der Waals surface area (Å²) >= 11 is 0. The summed E-state index contributed by atoms with van der Waals surface area (Å²) in [6.07, 6.45) is 5.30. The number of esters is 1. The molecule has 116 valence electrons. The van der Waals surface area contributed by atoms with Gasteiger partial charge in [-0.2, -0.15) is 0 Å². The molecule has 1 aromatic carbocycles. The van der Waals surface area contributed by atoms with E-state index in [0.29, 0.717) is 24.9 Å². The molecule has 0 radical (unpaired) electrons. The maximum atomic E-state index is 12.5. The molecule has 1 amide bonds. The van der Waals surface area contributed by atoms with Crippen LogP contribution in [0.4, 0.5) is 5.69 Å². The highest BCUT2D eigenvalue weighted by Crippen LogP contribution is 2.42. The van der Waals surface area contributed by atoms with Gasteiger partial charge in [-0.25, -0.2) is 4.79 Å². The van der Waals surface area contributed by atoms with Crippen molar-refractivity contribution in [3.05, 3.63) is 47.3 Å². The van der Waals surface area contributed by atoms with Crippen LogP contribution >= 0.6 is 0 Å². The molecule has 23 heavy (non-hydrogen) atoms. The molecule has 2 aliphatic heterocycles. The molecule has 0 spiro atoms. The van der Waals surface area contributed by atoms with E-state index in [0.717, 1.165) is 34.4 Å². The first-order chi connectivity index (χ1) is 11.2. The lowest BCUT2D eigenvalue weighted by molar-refractivity contribution is -0.118. The highest BCUT2D eigenvalue weighted by Gasteiger charge is 2.35. The summed E-state index contributed by atoms with van der Waals surface area (Å²) in [6.45, 7) is 0.693. The Bertz CT molecular complexity index is 815. The number of carbonyl (C=O) groups is 2. The molecule has 0 saturated heterocycles. The van der Waals surface area contributed by atoms with Gasteiger partial charge in [-0.3, -0.25) is 9.78 Å². The number of hydrogen-bond acceptors (Lipinski definition) is 4. The standard InChI is InChI=1S/C18H16N2O3/c1-23-18(22)16-13-4-5-15(21)20-8-6-11(17(13)20)9-14(16)12-3-2-7-19-10-12/h2-3,7,9-10H,4-6,8H2,1H3. The number of hydrogen-bond donors (Lipinski definition) is 0. The van der Waals surface area contributed by atoms with Crippen LogP contribution in [0.25, 0.3) is 11.1 Å². The third-order valence-electron chi connectivity index (χ3n) is 4.61. The van der Waals surface area contributed by atoms with Crippen molar-refractivity contribution in [2.45, 2.75) is 19.3 Å². The molecule has 2 aliphatic rings. The van der Waals surface area contributed by atoms with Crippen LogP contribution in [0.1, 0.15) is 27.9 Å². The number of benzene rings is 1. The van der Waals surface area contributed by atoms with Crippen molar-refractivity contribution < 1.29 is 14.3 Å². The molecule has 0 bridgehead atoms. The Kier molecular flexibility index (Phi) is 3.15. The Hall–Kier alpha value is -2.69. The maximum absolute atomic E-state index is 12.5. The monoisotopic (exact) mass is 308 g/mol. The summed E-state index contributed by atoms with van der Waals surface area (Å²) in [5.41, 5.74) is 5.29. The molecule has 0 aliphatic carbocycles. The van der Waals surface area contributed by atoms with Gasteiger partial charge in [-0.1, -0.05) is 6.07 Å². The molecule has 0 fully saturated rings. The second-order valence-corrected chi connectivity index (χ2v) is 5.81. The smallest absolute Gasteiger partial charge is 0.338 e. The van der Waals surface area contributed by atoms with E-state index in [1.807, 2.05) is 23.1 Å². The number of rotatable bonds is 2. The third kappa shape index (κ3) is 2.04. The van der Waals surface area contributed by atoms with E-state index in [4.69, 9.17) is 4.74 Å². The van der Waals surface area contributed by atoms with Gasteiger partial charge in [-0.05, 0) is 41.7 Å². The van der Waals surface area contributed by atoms with Gasteiger partial charge in [0.05, 0.1) is 18.4 Å². The number of aromatic nitrogens is 1. The van der Waals surface area contributed by atoms with Gasteiger partial charge >= 0.3 is 5.97 Å². The second kappa shape index (κ2) is 5.19. The largest absolute Gasteiger partial charge is 0.465 e. The van der Waals surface area contributed by atoms with Gasteiger partial charge in [0.25, 0.3) is 0 Å². The number of carbonyl (C=O) groups excluding carboxylic acids is 2. The molecule has 0 unspecified atom stereocenters. The average Bonchev–Trinajstić information content (AvgIpc) is 3.03. The van der Waals surface area contributed by atoms with Gasteiger partial charge in [0, 0.05) is 30.9 Å².